The molecule has 0 spiro atoms. The van der Waals surface area contributed by atoms with Gasteiger partial charge in [-0.2, -0.15) is 0 Å². The van der Waals surface area contributed by atoms with E-state index < -0.39 is 0 Å². The zero-order valence-electron chi connectivity index (χ0n) is 11.3. The second-order valence-corrected chi connectivity index (χ2v) is 5.50. The minimum Gasteiger partial charge on any atom is -0.507 e. The monoisotopic (exact) mass is 247 g/mol. The molecule has 1 aromatic carbocycles. The molecule has 1 atom stereocenters. The number of phenolic OH excluding ortho intramolecular Hbond substituents is 1. The molecule has 3 heteroatoms. The number of phenols is 1. The number of Topliss-reactive ketones (excluding diaryl/α,β-unsaturated/α-hetero) is 1. The molecule has 18 heavy (non-hydrogen) atoms. The normalized spacial score (nSPS) is 19.6. The van der Waals surface area contributed by atoms with Crippen molar-refractivity contribution in [1.82, 2.24) is 0 Å². The van der Waals surface area contributed by atoms with E-state index in [-0.39, 0.29) is 11.5 Å². The molecule has 1 aromatic rings. The number of rotatable bonds is 3. The summed E-state index contributed by atoms with van der Waals surface area (Å²) in [5.74, 6) is 1.41. The minimum absolute atomic E-state index is 0.0907. The fraction of sp³-hybridized carbons (Fsp3) is 0.533. The number of nitrogens with zero attached hydrogens (tertiary/aromatic N) is 1. The molecule has 0 radical (unpaired) electrons. The van der Waals surface area contributed by atoms with Crippen molar-refractivity contribution in [2.45, 2.75) is 27.2 Å². The zero-order valence-corrected chi connectivity index (χ0v) is 11.3. The maximum atomic E-state index is 11.3. The molecular weight excluding hydrogens is 226 g/mol. The van der Waals surface area contributed by atoms with E-state index in [9.17, 15) is 9.90 Å². The van der Waals surface area contributed by atoms with Gasteiger partial charge >= 0.3 is 0 Å². The second-order valence-electron chi connectivity index (χ2n) is 5.50. The smallest absolute Gasteiger partial charge is 0.163 e. The van der Waals surface area contributed by atoms with Crippen molar-refractivity contribution >= 4 is 11.5 Å². The lowest BCUT2D eigenvalue weighted by Gasteiger charge is -2.20. The Morgan fingerprint density at radius 3 is 2.67 bits per heavy atom. The van der Waals surface area contributed by atoms with Gasteiger partial charge in [-0.05, 0) is 37.3 Å². The van der Waals surface area contributed by atoms with Gasteiger partial charge in [-0.3, -0.25) is 4.79 Å². The van der Waals surface area contributed by atoms with E-state index in [1.807, 2.05) is 6.07 Å². The molecule has 0 bridgehead atoms. The van der Waals surface area contributed by atoms with E-state index >= 15 is 0 Å². The summed E-state index contributed by atoms with van der Waals surface area (Å²) in [7, 11) is 0. The standard InChI is InChI=1S/C15H21NO2/c1-10(2)12-6-7-16(9-12)13-4-5-14(11(3)17)15(18)8-13/h4-5,8,10,12,18H,6-7,9H2,1-3H3. The van der Waals surface area contributed by atoms with Crippen LogP contribution < -0.4 is 4.90 Å². The van der Waals surface area contributed by atoms with E-state index in [4.69, 9.17) is 0 Å². The maximum absolute atomic E-state index is 11.3. The van der Waals surface area contributed by atoms with E-state index in [0.717, 1.165) is 24.7 Å². The number of anilines is 1. The summed E-state index contributed by atoms with van der Waals surface area (Å²) in [5.41, 5.74) is 1.42. The molecule has 1 saturated heterocycles. The number of carbonyl (C=O) groups is 1. The highest BCUT2D eigenvalue weighted by Crippen LogP contribution is 2.31. The molecule has 1 unspecified atom stereocenters. The molecule has 1 aliphatic heterocycles. The average Bonchev–Trinajstić information content (AvgIpc) is 2.77. The van der Waals surface area contributed by atoms with Crippen LogP contribution >= 0.6 is 0 Å². The molecule has 3 nitrogen and oxygen atoms in total. The van der Waals surface area contributed by atoms with Crippen LogP contribution in [0, 0.1) is 11.8 Å². The Bertz CT molecular complexity index is 454. The van der Waals surface area contributed by atoms with E-state index in [1.54, 1.807) is 12.1 Å². The third-order valence-electron chi connectivity index (χ3n) is 3.89. The molecule has 0 amide bonds. The maximum Gasteiger partial charge on any atom is 0.163 e. The highest BCUT2D eigenvalue weighted by molar-refractivity contribution is 5.97. The van der Waals surface area contributed by atoms with Crippen LogP contribution in [0.5, 0.6) is 5.75 Å². The first kappa shape index (κ1) is 12.9. The van der Waals surface area contributed by atoms with E-state index in [0.29, 0.717) is 11.5 Å². The Morgan fingerprint density at radius 2 is 2.17 bits per heavy atom. The zero-order chi connectivity index (χ0) is 13.3. The number of hydrogen-bond acceptors (Lipinski definition) is 3. The van der Waals surface area contributed by atoms with E-state index in [1.165, 1.54) is 13.3 Å². The van der Waals surface area contributed by atoms with Gasteiger partial charge in [-0.1, -0.05) is 13.8 Å². The topological polar surface area (TPSA) is 40.5 Å². The summed E-state index contributed by atoms with van der Waals surface area (Å²) >= 11 is 0. The SMILES string of the molecule is CC(=O)c1ccc(N2CCC(C(C)C)C2)cc1O. The summed E-state index contributed by atoms with van der Waals surface area (Å²) in [6.45, 7) is 8.05. The summed E-state index contributed by atoms with van der Waals surface area (Å²) in [5, 5.41) is 9.85. The fourth-order valence-corrected chi connectivity index (χ4v) is 2.58. The molecular formula is C15H21NO2. The molecule has 0 aromatic heterocycles. The summed E-state index contributed by atoms with van der Waals surface area (Å²) in [6.07, 6.45) is 1.20. The third kappa shape index (κ3) is 2.50. The predicted octanol–water partition coefficient (Wildman–Crippen LogP) is 3.08. The molecule has 1 N–H and O–H groups in total. The number of carbonyl (C=O) groups excluding carboxylic acids is 1. The van der Waals surface area contributed by atoms with Crippen molar-refractivity contribution in [3.05, 3.63) is 23.8 Å². The van der Waals surface area contributed by atoms with Crippen molar-refractivity contribution in [1.29, 1.82) is 0 Å². The second kappa shape index (κ2) is 5.01. The molecule has 98 valence electrons. The van der Waals surface area contributed by atoms with Gasteiger partial charge in [0.2, 0.25) is 0 Å². The molecule has 1 heterocycles. The molecule has 1 aliphatic rings. The summed E-state index contributed by atoms with van der Waals surface area (Å²) < 4.78 is 0. The average molecular weight is 247 g/mol. The Kier molecular flexibility index (Phi) is 3.60. The Morgan fingerprint density at radius 1 is 1.44 bits per heavy atom. The largest absolute Gasteiger partial charge is 0.507 e. The van der Waals surface area contributed by atoms with Crippen molar-refractivity contribution in [2.24, 2.45) is 11.8 Å². The van der Waals surface area contributed by atoms with Crippen molar-refractivity contribution in [3.8, 4) is 5.75 Å². The highest BCUT2D eigenvalue weighted by Gasteiger charge is 2.25. The van der Waals surface area contributed by atoms with Crippen molar-refractivity contribution in [3.63, 3.8) is 0 Å². The quantitative estimate of drug-likeness (QED) is 0.834. The Hall–Kier alpha value is -1.51. The van der Waals surface area contributed by atoms with Crippen LogP contribution in [0.25, 0.3) is 0 Å². The van der Waals surface area contributed by atoms with Crippen molar-refractivity contribution in [2.75, 3.05) is 18.0 Å². The molecule has 0 aliphatic carbocycles. The first-order chi connectivity index (χ1) is 8.49. The van der Waals surface area contributed by atoms with Crippen molar-refractivity contribution < 1.29 is 9.90 Å². The van der Waals surface area contributed by atoms with Gasteiger partial charge in [0, 0.05) is 24.8 Å². The van der Waals surface area contributed by atoms with Gasteiger partial charge in [0.05, 0.1) is 5.56 Å². The van der Waals surface area contributed by atoms with Crippen LogP contribution in [0.3, 0.4) is 0 Å². The van der Waals surface area contributed by atoms with Crippen LogP contribution in [-0.4, -0.2) is 24.0 Å². The number of hydrogen-bond donors (Lipinski definition) is 1. The van der Waals surface area contributed by atoms with Crippen LogP contribution in [-0.2, 0) is 0 Å². The first-order valence-electron chi connectivity index (χ1n) is 6.58. The number of ketones is 1. The number of aromatic hydroxyl groups is 1. The highest BCUT2D eigenvalue weighted by atomic mass is 16.3. The third-order valence-corrected chi connectivity index (χ3v) is 3.89. The van der Waals surface area contributed by atoms with Gasteiger partial charge in [-0.25, -0.2) is 0 Å². The Labute approximate surface area is 108 Å². The predicted molar refractivity (Wildman–Crippen MR) is 73.3 cm³/mol. The van der Waals surface area contributed by atoms with Crippen LogP contribution in [0.2, 0.25) is 0 Å². The molecule has 2 rings (SSSR count). The van der Waals surface area contributed by atoms with Crippen LogP contribution in [0.4, 0.5) is 5.69 Å². The summed E-state index contributed by atoms with van der Waals surface area (Å²) in [4.78, 5) is 13.6. The Balaban J connectivity index is 2.16. The minimum atomic E-state index is -0.0967. The number of benzene rings is 1. The van der Waals surface area contributed by atoms with Crippen LogP contribution in [0.1, 0.15) is 37.6 Å². The fourth-order valence-electron chi connectivity index (χ4n) is 2.58. The lowest BCUT2D eigenvalue weighted by molar-refractivity contribution is 0.101. The molecule has 0 saturated carbocycles. The molecule has 1 fully saturated rings. The van der Waals surface area contributed by atoms with Crippen LogP contribution in [0.15, 0.2) is 18.2 Å². The van der Waals surface area contributed by atoms with Gasteiger partial charge in [-0.15, -0.1) is 0 Å². The van der Waals surface area contributed by atoms with Gasteiger partial charge < -0.3 is 10.0 Å². The lowest BCUT2D eigenvalue weighted by Crippen LogP contribution is -2.21. The first-order valence-corrected chi connectivity index (χ1v) is 6.58. The van der Waals surface area contributed by atoms with Gasteiger partial charge in [0.15, 0.2) is 5.78 Å². The lowest BCUT2D eigenvalue weighted by atomic mass is 9.95. The summed E-state index contributed by atoms with van der Waals surface area (Å²) in [6, 6.07) is 5.36. The van der Waals surface area contributed by atoms with E-state index in [2.05, 4.69) is 18.7 Å². The van der Waals surface area contributed by atoms with Gasteiger partial charge in [0.1, 0.15) is 5.75 Å². The van der Waals surface area contributed by atoms with Gasteiger partial charge in [0.25, 0.3) is 0 Å².